The molecular weight excluding hydrogens is 319 g/mol. The zero-order valence-electron chi connectivity index (χ0n) is 15.8. The van der Waals surface area contributed by atoms with Gasteiger partial charge in [0.15, 0.2) is 0 Å². The van der Waals surface area contributed by atoms with Crippen molar-refractivity contribution in [2.75, 3.05) is 0 Å². The summed E-state index contributed by atoms with van der Waals surface area (Å²) in [5, 5.41) is 0. The first kappa shape index (κ1) is 23.1. The monoisotopic (exact) mass is 350 g/mol. The average Bonchev–Trinajstić information content (AvgIpc) is 2.49. The van der Waals surface area contributed by atoms with Crippen LogP contribution in [-0.2, 0) is 16.5 Å². The standard InChI is InChI=1S/C18H30O3S.Na.H/c1-2-3-4-5-6-7-8-9-10-11-13-17-14-12-15-18(16-17)22(19,20)21;;/h12,14-16H,2-11,13H2,1H3,(H,19,20,21);;/q;+1;-1. The molecule has 0 spiro atoms. The molecular formula is C18H31NaO3S. The average molecular weight is 350 g/mol. The minimum atomic E-state index is -4.08. The van der Waals surface area contributed by atoms with E-state index in [1.165, 1.54) is 63.9 Å². The van der Waals surface area contributed by atoms with Crippen molar-refractivity contribution in [2.24, 2.45) is 0 Å². The van der Waals surface area contributed by atoms with Crippen LogP contribution in [0.1, 0.15) is 78.1 Å². The Labute approximate surface area is 165 Å². The first-order valence-electron chi connectivity index (χ1n) is 8.60. The molecule has 0 bridgehead atoms. The van der Waals surface area contributed by atoms with E-state index >= 15 is 0 Å². The predicted molar refractivity (Wildman–Crippen MR) is 92.9 cm³/mol. The van der Waals surface area contributed by atoms with Gasteiger partial charge >= 0.3 is 29.6 Å². The van der Waals surface area contributed by atoms with Crippen LogP contribution in [-0.4, -0.2) is 13.0 Å². The molecule has 0 aliphatic carbocycles. The number of rotatable bonds is 12. The first-order chi connectivity index (χ1) is 10.5. The van der Waals surface area contributed by atoms with Crippen molar-refractivity contribution < 1.29 is 44.0 Å². The molecule has 1 rings (SSSR count). The van der Waals surface area contributed by atoms with Gasteiger partial charge in [0.1, 0.15) is 0 Å². The Balaban J connectivity index is 0. The summed E-state index contributed by atoms with van der Waals surface area (Å²) in [6.45, 7) is 2.24. The number of aryl methyl sites for hydroxylation is 1. The Morgan fingerprint density at radius 1 is 0.913 bits per heavy atom. The fraction of sp³-hybridized carbons (Fsp3) is 0.667. The van der Waals surface area contributed by atoms with Crippen LogP contribution in [0.2, 0.25) is 0 Å². The van der Waals surface area contributed by atoms with Gasteiger partial charge in [0, 0.05) is 0 Å². The summed E-state index contributed by atoms with van der Waals surface area (Å²) in [6.07, 6.45) is 13.8. The molecule has 0 atom stereocenters. The second kappa shape index (κ2) is 13.4. The van der Waals surface area contributed by atoms with Gasteiger partial charge in [0.2, 0.25) is 0 Å². The third kappa shape index (κ3) is 11.3. The zero-order chi connectivity index (χ0) is 16.3. The number of hydrogen-bond donors (Lipinski definition) is 1. The summed E-state index contributed by atoms with van der Waals surface area (Å²) < 4.78 is 31.2. The summed E-state index contributed by atoms with van der Waals surface area (Å²) in [5.74, 6) is 0. The normalized spacial score (nSPS) is 11.2. The Morgan fingerprint density at radius 2 is 1.43 bits per heavy atom. The van der Waals surface area contributed by atoms with E-state index in [1.54, 1.807) is 12.1 Å². The molecule has 23 heavy (non-hydrogen) atoms. The minimum absolute atomic E-state index is 0. The van der Waals surface area contributed by atoms with Crippen molar-refractivity contribution in [1.82, 2.24) is 0 Å². The predicted octanol–water partition coefficient (Wildman–Crippen LogP) is 2.51. The van der Waals surface area contributed by atoms with Gasteiger partial charge in [0.05, 0.1) is 4.90 Å². The van der Waals surface area contributed by atoms with Crippen molar-refractivity contribution in [3.8, 4) is 0 Å². The Hall–Kier alpha value is 0.130. The molecule has 1 N–H and O–H groups in total. The van der Waals surface area contributed by atoms with Gasteiger partial charge in [-0.15, -0.1) is 0 Å². The molecule has 0 amide bonds. The molecule has 0 heterocycles. The first-order valence-corrected chi connectivity index (χ1v) is 10.0. The molecule has 0 radical (unpaired) electrons. The van der Waals surface area contributed by atoms with E-state index < -0.39 is 10.1 Å². The van der Waals surface area contributed by atoms with Gasteiger partial charge in [0.25, 0.3) is 10.1 Å². The van der Waals surface area contributed by atoms with Crippen LogP contribution in [0.3, 0.4) is 0 Å². The van der Waals surface area contributed by atoms with Crippen LogP contribution in [0.4, 0.5) is 0 Å². The molecule has 1 aromatic carbocycles. The van der Waals surface area contributed by atoms with Crippen LogP contribution in [0.25, 0.3) is 0 Å². The largest absolute Gasteiger partial charge is 1.00 e. The van der Waals surface area contributed by atoms with Crippen LogP contribution >= 0.6 is 0 Å². The summed E-state index contributed by atoms with van der Waals surface area (Å²) in [6, 6.07) is 6.61. The topological polar surface area (TPSA) is 54.4 Å². The maximum absolute atomic E-state index is 11.1. The van der Waals surface area contributed by atoms with E-state index in [2.05, 4.69) is 6.92 Å². The van der Waals surface area contributed by atoms with E-state index in [0.29, 0.717) is 0 Å². The summed E-state index contributed by atoms with van der Waals surface area (Å²) >= 11 is 0. The van der Waals surface area contributed by atoms with Crippen LogP contribution in [0, 0.1) is 0 Å². The van der Waals surface area contributed by atoms with Crippen molar-refractivity contribution in [1.29, 1.82) is 0 Å². The molecule has 1 aromatic rings. The van der Waals surface area contributed by atoms with Gasteiger partial charge in [-0.25, -0.2) is 0 Å². The molecule has 128 valence electrons. The van der Waals surface area contributed by atoms with Gasteiger partial charge in [-0.2, -0.15) is 8.42 Å². The van der Waals surface area contributed by atoms with Gasteiger partial charge < -0.3 is 1.43 Å². The van der Waals surface area contributed by atoms with E-state index in [9.17, 15) is 8.42 Å². The quantitative estimate of drug-likeness (QED) is 0.358. The second-order valence-electron chi connectivity index (χ2n) is 6.05. The number of unbranched alkanes of at least 4 members (excludes halogenated alkanes) is 9. The third-order valence-corrected chi connectivity index (χ3v) is 4.86. The van der Waals surface area contributed by atoms with Crippen molar-refractivity contribution in [3.63, 3.8) is 0 Å². The SMILES string of the molecule is CCCCCCCCCCCCc1cccc(S(=O)(=O)O)c1.[H-].[Na+]. The Bertz CT molecular complexity index is 521. The van der Waals surface area contributed by atoms with Crippen LogP contribution in [0.15, 0.2) is 29.2 Å². The fourth-order valence-corrected chi connectivity index (χ4v) is 3.23. The Morgan fingerprint density at radius 3 is 1.96 bits per heavy atom. The minimum Gasteiger partial charge on any atom is -1.00 e. The van der Waals surface area contributed by atoms with Crippen LogP contribution in [0.5, 0.6) is 0 Å². The molecule has 0 saturated carbocycles. The Kier molecular flexibility index (Phi) is 13.5. The molecule has 3 nitrogen and oxygen atoms in total. The van der Waals surface area contributed by atoms with Crippen molar-refractivity contribution in [2.45, 2.75) is 82.4 Å². The molecule has 0 fully saturated rings. The van der Waals surface area contributed by atoms with E-state index in [4.69, 9.17) is 4.55 Å². The molecule has 5 heteroatoms. The maximum Gasteiger partial charge on any atom is 1.00 e. The van der Waals surface area contributed by atoms with Crippen molar-refractivity contribution >= 4 is 10.1 Å². The fourth-order valence-electron chi connectivity index (χ4n) is 2.68. The molecule has 0 aliphatic heterocycles. The molecule has 0 aromatic heterocycles. The smallest absolute Gasteiger partial charge is 1.00 e. The zero-order valence-corrected chi connectivity index (χ0v) is 17.6. The number of hydrogen-bond acceptors (Lipinski definition) is 2. The second-order valence-corrected chi connectivity index (χ2v) is 7.48. The summed E-state index contributed by atoms with van der Waals surface area (Å²) in [5.41, 5.74) is 0.981. The summed E-state index contributed by atoms with van der Waals surface area (Å²) in [7, 11) is -4.08. The third-order valence-electron chi connectivity index (χ3n) is 4.02. The van der Waals surface area contributed by atoms with E-state index in [-0.39, 0.29) is 35.9 Å². The molecule has 0 unspecified atom stereocenters. The van der Waals surface area contributed by atoms with Gasteiger partial charge in [-0.05, 0) is 30.5 Å². The molecule has 0 saturated heterocycles. The maximum atomic E-state index is 11.1. The molecule has 0 aliphatic rings. The van der Waals surface area contributed by atoms with Gasteiger partial charge in [-0.3, -0.25) is 4.55 Å². The van der Waals surface area contributed by atoms with Gasteiger partial charge in [-0.1, -0.05) is 76.8 Å². The number of benzene rings is 1. The van der Waals surface area contributed by atoms with Crippen LogP contribution < -0.4 is 29.6 Å². The van der Waals surface area contributed by atoms with Crippen molar-refractivity contribution in [3.05, 3.63) is 29.8 Å². The van der Waals surface area contributed by atoms with E-state index in [1.807, 2.05) is 6.07 Å². The summed E-state index contributed by atoms with van der Waals surface area (Å²) in [4.78, 5) is -0.00270. The van der Waals surface area contributed by atoms with E-state index in [0.717, 1.165) is 18.4 Å².